The summed E-state index contributed by atoms with van der Waals surface area (Å²) in [5.41, 5.74) is 0.715. The second-order valence-electron chi connectivity index (χ2n) is 2.97. The highest BCUT2D eigenvalue weighted by Crippen LogP contribution is 2.28. The van der Waals surface area contributed by atoms with Gasteiger partial charge in [0.25, 0.3) is 0 Å². The summed E-state index contributed by atoms with van der Waals surface area (Å²) in [6.45, 7) is 0. The first-order valence-corrected chi connectivity index (χ1v) is 4.83. The Morgan fingerprint density at radius 3 is 2.19 bits per heavy atom. The molecular formula is C10H9ClN2O3. The zero-order valence-corrected chi connectivity index (χ0v) is 9.49. The summed E-state index contributed by atoms with van der Waals surface area (Å²) in [6.07, 6.45) is 0. The lowest BCUT2D eigenvalue weighted by atomic mass is 10.2. The Kier molecular flexibility index (Phi) is 2.96. The van der Waals surface area contributed by atoms with Gasteiger partial charge in [0.1, 0.15) is 11.5 Å². The third kappa shape index (κ3) is 2.09. The fourth-order valence-corrected chi connectivity index (χ4v) is 1.37. The van der Waals surface area contributed by atoms with Gasteiger partial charge in [0, 0.05) is 11.6 Å². The molecule has 0 spiro atoms. The molecule has 5 nitrogen and oxygen atoms in total. The number of rotatable bonds is 3. The van der Waals surface area contributed by atoms with Crippen molar-refractivity contribution in [2.24, 2.45) is 0 Å². The summed E-state index contributed by atoms with van der Waals surface area (Å²) in [5, 5.41) is 3.70. The van der Waals surface area contributed by atoms with Crippen LogP contribution in [0.1, 0.15) is 0 Å². The predicted molar refractivity (Wildman–Crippen MR) is 57.8 cm³/mol. The minimum atomic E-state index is -0.00298. The van der Waals surface area contributed by atoms with E-state index in [1.165, 1.54) is 0 Å². The molecule has 0 unspecified atom stereocenters. The van der Waals surface area contributed by atoms with Gasteiger partial charge in [-0.15, -0.1) is 0 Å². The number of halogens is 1. The fourth-order valence-electron chi connectivity index (χ4n) is 1.26. The highest BCUT2D eigenvalue weighted by Gasteiger charge is 2.10. The van der Waals surface area contributed by atoms with Crippen LogP contribution in [-0.2, 0) is 0 Å². The molecule has 6 heteroatoms. The van der Waals surface area contributed by atoms with Gasteiger partial charge in [-0.1, -0.05) is 5.16 Å². The van der Waals surface area contributed by atoms with E-state index in [2.05, 4.69) is 14.7 Å². The van der Waals surface area contributed by atoms with Gasteiger partial charge in [0.15, 0.2) is 0 Å². The Labute approximate surface area is 96.9 Å². The third-order valence-corrected chi connectivity index (χ3v) is 2.16. The van der Waals surface area contributed by atoms with Crippen molar-refractivity contribution in [2.75, 3.05) is 14.2 Å². The van der Waals surface area contributed by atoms with Crippen molar-refractivity contribution in [1.82, 2.24) is 10.1 Å². The molecule has 0 aliphatic heterocycles. The van der Waals surface area contributed by atoms with E-state index in [0.29, 0.717) is 22.9 Å². The van der Waals surface area contributed by atoms with E-state index in [9.17, 15) is 0 Å². The van der Waals surface area contributed by atoms with Crippen molar-refractivity contribution in [2.45, 2.75) is 0 Å². The van der Waals surface area contributed by atoms with Crippen LogP contribution in [-0.4, -0.2) is 24.4 Å². The highest BCUT2D eigenvalue weighted by molar-refractivity contribution is 6.27. The SMILES string of the molecule is COc1cc(OC)cc(-c2noc(Cl)n2)c1. The van der Waals surface area contributed by atoms with E-state index in [-0.39, 0.29) is 5.35 Å². The van der Waals surface area contributed by atoms with Crippen LogP contribution in [0.3, 0.4) is 0 Å². The molecule has 0 aliphatic rings. The van der Waals surface area contributed by atoms with E-state index in [1.54, 1.807) is 32.4 Å². The topological polar surface area (TPSA) is 57.4 Å². The molecule has 1 heterocycles. The molecule has 1 aromatic carbocycles. The largest absolute Gasteiger partial charge is 0.497 e. The Balaban J connectivity index is 2.47. The monoisotopic (exact) mass is 240 g/mol. The number of nitrogens with zero attached hydrogens (tertiary/aromatic N) is 2. The van der Waals surface area contributed by atoms with Gasteiger partial charge < -0.3 is 14.0 Å². The molecule has 0 atom stereocenters. The van der Waals surface area contributed by atoms with Crippen LogP contribution in [0.15, 0.2) is 22.7 Å². The Morgan fingerprint density at radius 1 is 1.12 bits per heavy atom. The molecule has 0 fully saturated rings. The second-order valence-corrected chi connectivity index (χ2v) is 3.30. The molecule has 2 aromatic rings. The maximum Gasteiger partial charge on any atom is 0.320 e. The quantitative estimate of drug-likeness (QED) is 0.825. The van der Waals surface area contributed by atoms with Gasteiger partial charge in [-0.2, -0.15) is 4.98 Å². The normalized spacial score (nSPS) is 10.2. The first kappa shape index (κ1) is 10.8. The van der Waals surface area contributed by atoms with E-state index in [4.69, 9.17) is 21.1 Å². The number of ether oxygens (including phenoxy) is 2. The molecule has 1 aromatic heterocycles. The van der Waals surface area contributed by atoms with Gasteiger partial charge in [-0.25, -0.2) is 0 Å². The van der Waals surface area contributed by atoms with Crippen molar-refractivity contribution in [3.05, 3.63) is 23.5 Å². The number of benzene rings is 1. The molecule has 0 saturated heterocycles. The number of aromatic nitrogens is 2. The molecule has 84 valence electrons. The number of hydrogen-bond acceptors (Lipinski definition) is 5. The summed E-state index contributed by atoms with van der Waals surface area (Å²) in [4.78, 5) is 3.91. The van der Waals surface area contributed by atoms with E-state index in [1.807, 2.05) is 0 Å². The lowest BCUT2D eigenvalue weighted by Gasteiger charge is -2.05. The summed E-state index contributed by atoms with van der Waals surface area (Å²) >= 11 is 5.55. The minimum Gasteiger partial charge on any atom is -0.497 e. The van der Waals surface area contributed by atoms with Gasteiger partial charge in [0.2, 0.25) is 5.82 Å². The second kappa shape index (κ2) is 4.40. The first-order chi connectivity index (χ1) is 7.72. The minimum absolute atomic E-state index is 0.00298. The van der Waals surface area contributed by atoms with Crippen molar-refractivity contribution >= 4 is 11.6 Å². The van der Waals surface area contributed by atoms with Crippen LogP contribution >= 0.6 is 11.6 Å². The summed E-state index contributed by atoms with van der Waals surface area (Å²) in [7, 11) is 3.14. The maximum atomic E-state index is 5.55. The standard InChI is InChI=1S/C10H9ClN2O3/c1-14-7-3-6(4-8(5-7)15-2)9-12-10(11)16-13-9/h3-5H,1-2H3. The lowest BCUT2D eigenvalue weighted by molar-refractivity contribution is 0.394. The molecule has 0 bridgehead atoms. The van der Waals surface area contributed by atoms with Crippen LogP contribution in [0.2, 0.25) is 5.35 Å². The fraction of sp³-hybridized carbons (Fsp3) is 0.200. The van der Waals surface area contributed by atoms with Crippen LogP contribution in [0.25, 0.3) is 11.4 Å². The zero-order chi connectivity index (χ0) is 11.5. The number of hydrogen-bond donors (Lipinski definition) is 0. The Bertz CT molecular complexity index is 476. The molecule has 0 aliphatic carbocycles. The molecule has 16 heavy (non-hydrogen) atoms. The maximum absolute atomic E-state index is 5.55. The number of methoxy groups -OCH3 is 2. The zero-order valence-electron chi connectivity index (χ0n) is 8.73. The van der Waals surface area contributed by atoms with E-state index < -0.39 is 0 Å². The average Bonchev–Trinajstić information content (AvgIpc) is 2.75. The van der Waals surface area contributed by atoms with E-state index >= 15 is 0 Å². The predicted octanol–water partition coefficient (Wildman–Crippen LogP) is 2.41. The van der Waals surface area contributed by atoms with Gasteiger partial charge in [-0.05, 0) is 23.7 Å². The first-order valence-electron chi connectivity index (χ1n) is 4.45. The summed E-state index contributed by atoms with van der Waals surface area (Å²) < 4.78 is 14.9. The molecule has 0 amide bonds. The highest BCUT2D eigenvalue weighted by atomic mass is 35.5. The van der Waals surface area contributed by atoms with Crippen molar-refractivity contribution < 1.29 is 14.0 Å². The van der Waals surface area contributed by atoms with Gasteiger partial charge in [-0.3, -0.25) is 0 Å². The van der Waals surface area contributed by atoms with Crippen molar-refractivity contribution in [3.8, 4) is 22.9 Å². The van der Waals surface area contributed by atoms with Gasteiger partial charge in [0.05, 0.1) is 14.2 Å². The summed E-state index contributed by atoms with van der Waals surface area (Å²) in [5.74, 6) is 1.69. The third-order valence-electron chi connectivity index (χ3n) is 2.01. The van der Waals surface area contributed by atoms with E-state index in [0.717, 1.165) is 0 Å². The van der Waals surface area contributed by atoms with Crippen LogP contribution in [0.5, 0.6) is 11.5 Å². The summed E-state index contributed by atoms with van der Waals surface area (Å²) in [6, 6.07) is 5.29. The smallest absolute Gasteiger partial charge is 0.320 e. The molecule has 0 saturated carbocycles. The van der Waals surface area contributed by atoms with Crippen molar-refractivity contribution in [3.63, 3.8) is 0 Å². The molecular weight excluding hydrogens is 232 g/mol. The lowest BCUT2D eigenvalue weighted by Crippen LogP contribution is -1.89. The van der Waals surface area contributed by atoms with Crippen molar-refractivity contribution in [1.29, 1.82) is 0 Å². The Morgan fingerprint density at radius 2 is 1.75 bits per heavy atom. The average molecular weight is 241 g/mol. The molecule has 0 radical (unpaired) electrons. The van der Waals surface area contributed by atoms with Crippen LogP contribution < -0.4 is 9.47 Å². The van der Waals surface area contributed by atoms with Gasteiger partial charge >= 0.3 is 5.35 Å². The van der Waals surface area contributed by atoms with Crippen LogP contribution in [0, 0.1) is 0 Å². The molecule has 0 N–H and O–H groups in total. The van der Waals surface area contributed by atoms with Crippen LogP contribution in [0.4, 0.5) is 0 Å². The molecule has 2 rings (SSSR count). The Hall–Kier alpha value is -1.75.